The highest BCUT2D eigenvalue weighted by Crippen LogP contribution is 2.26. The van der Waals surface area contributed by atoms with Gasteiger partial charge in [-0.15, -0.1) is 6.58 Å². The SMILES string of the molecule is C=CCCNCc1ccc(O)c(OCC)c1. The number of benzene rings is 1. The van der Waals surface area contributed by atoms with Gasteiger partial charge < -0.3 is 15.2 Å². The van der Waals surface area contributed by atoms with E-state index in [1.54, 1.807) is 6.07 Å². The Hall–Kier alpha value is -1.48. The van der Waals surface area contributed by atoms with Crippen molar-refractivity contribution in [3.8, 4) is 11.5 Å². The van der Waals surface area contributed by atoms with Crippen LogP contribution < -0.4 is 10.1 Å². The fourth-order valence-corrected chi connectivity index (χ4v) is 1.38. The topological polar surface area (TPSA) is 41.5 Å². The van der Waals surface area contributed by atoms with Gasteiger partial charge in [-0.1, -0.05) is 12.1 Å². The minimum absolute atomic E-state index is 0.191. The molecule has 0 saturated carbocycles. The van der Waals surface area contributed by atoms with Crippen molar-refractivity contribution in [1.29, 1.82) is 0 Å². The second kappa shape index (κ2) is 6.90. The number of aromatic hydroxyl groups is 1. The predicted octanol–water partition coefficient (Wildman–Crippen LogP) is 2.46. The Labute approximate surface area is 96.8 Å². The van der Waals surface area contributed by atoms with Crippen LogP contribution in [0.15, 0.2) is 30.9 Å². The molecule has 0 aromatic heterocycles. The van der Waals surface area contributed by atoms with E-state index in [9.17, 15) is 5.11 Å². The molecule has 0 aliphatic heterocycles. The highest BCUT2D eigenvalue weighted by atomic mass is 16.5. The van der Waals surface area contributed by atoms with Gasteiger partial charge in [0, 0.05) is 6.54 Å². The van der Waals surface area contributed by atoms with Gasteiger partial charge in [0.05, 0.1) is 6.61 Å². The Morgan fingerprint density at radius 1 is 1.50 bits per heavy atom. The molecule has 88 valence electrons. The van der Waals surface area contributed by atoms with Gasteiger partial charge in [-0.3, -0.25) is 0 Å². The number of nitrogens with one attached hydrogen (secondary N) is 1. The summed E-state index contributed by atoms with van der Waals surface area (Å²) >= 11 is 0. The lowest BCUT2D eigenvalue weighted by atomic mass is 10.2. The summed E-state index contributed by atoms with van der Waals surface area (Å²) in [6.45, 7) is 7.80. The van der Waals surface area contributed by atoms with E-state index in [2.05, 4.69) is 11.9 Å². The van der Waals surface area contributed by atoms with Crippen LogP contribution in [0.3, 0.4) is 0 Å². The Kier molecular flexibility index (Phi) is 5.43. The highest BCUT2D eigenvalue weighted by Gasteiger charge is 2.02. The molecule has 1 rings (SSSR count). The van der Waals surface area contributed by atoms with Gasteiger partial charge in [-0.2, -0.15) is 0 Å². The standard InChI is InChI=1S/C13H19NO2/c1-3-5-8-14-10-11-6-7-12(15)13(9-11)16-4-2/h3,6-7,9,14-15H,1,4-5,8,10H2,2H3. The van der Waals surface area contributed by atoms with E-state index in [1.807, 2.05) is 25.1 Å². The number of rotatable bonds is 7. The quantitative estimate of drug-likeness (QED) is 0.549. The van der Waals surface area contributed by atoms with Gasteiger partial charge >= 0.3 is 0 Å². The van der Waals surface area contributed by atoms with E-state index in [0.717, 1.165) is 25.1 Å². The molecule has 3 nitrogen and oxygen atoms in total. The zero-order valence-corrected chi connectivity index (χ0v) is 9.70. The van der Waals surface area contributed by atoms with Crippen molar-refractivity contribution in [3.05, 3.63) is 36.4 Å². The summed E-state index contributed by atoms with van der Waals surface area (Å²) in [7, 11) is 0. The van der Waals surface area contributed by atoms with Crippen molar-refractivity contribution in [3.63, 3.8) is 0 Å². The number of phenolic OH excluding ortho intramolecular Hbond substituents is 1. The summed E-state index contributed by atoms with van der Waals surface area (Å²) in [5.74, 6) is 0.738. The molecule has 0 bridgehead atoms. The molecule has 0 saturated heterocycles. The van der Waals surface area contributed by atoms with Crippen LogP contribution in [-0.4, -0.2) is 18.3 Å². The molecule has 0 radical (unpaired) electrons. The number of phenols is 1. The molecular formula is C13H19NO2. The molecule has 3 heteroatoms. The summed E-state index contributed by atoms with van der Waals surface area (Å²) in [6.07, 6.45) is 2.84. The average Bonchev–Trinajstić information content (AvgIpc) is 2.29. The van der Waals surface area contributed by atoms with Crippen molar-refractivity contribution in [2.45, 2.75) is 19.9 Å². The number of ether oxygens (including phenoxy) is 1. The molecule has 0 aliphatic carbocycles. The van der Waals surface area contributed by atoms with Crippen molar-refractivity contribution in [2.24, 2.45) is 0 Å². The van der Waals surface area contributed by atoms with Crippen LogP contribution in [0.5, 0.6) is 11.5 Å². The Morgan fingerprint density at radius 2 is 2.31 bits per heavy atom. The molecule has 1 aromatic rings. The van der Waals surface area contributed by atoms with Crippen LogP contribution in [0.4, 0.5) is 0 Å². The van der Waals surface area contributed by atoms with E-state index >= 15 is 0 Å². The van der Waals surface area contributed by atoms with Crippen LogP contribution in [0.1, 0.15) is 18.9 Å². The Balaban J connectivity index is 2.53. The van der Waals surface area contributed by atoms with Crippen LogP contribution in [0.25, 0.3) is 0 Å². The summed E-state index contributed by atoms with van der Waals surface area (Å²) in [4.78, 5) is 0. The molecule has 0 aliphatic rings. The van der Waals surface area contributed by atoms with Crippen molar-refractivity contribution in [1.82, 2.24) is 5.32 Å². The molecular weight excluding hydrogens is 202 g/mol. The first-order chi connectivity index (χ1) is 7.77. The number of hydrogen-bond donors (Lipinski definition) is 2. The van der Waals surface area contributed by atoms with Crippen LogP contribution >= 0.6 is 0 Å². The van der Waals surface area contributed by atoms with Crippen LogP contribution in [0, 0.1) is 0 Å². The van der Waals surface area contributed by atoms with Crippen molar-refractivity contribution < 1.29 is 9.84 Å². The number of hydrogen-bond acceptors (Lipinski definition) is 3. The van der Waals surface area contributed by atoms with Crippen molar-refractivity contribution >= 4 is 0 Å². The van der Waals surface area contributed by atoms with Gasteiger partial charge in [0.25, 0.3) is 0 Å². The average molecular weight is 221 g/mol. The van der Waals surface area contributed by atoms with Crippen LogP contribution in [-0.2, 0) is 6.54 Å². The predicted molar refractivity (Wildman–Crippen MR) is 65.8 cm³/mol. The Bertz CT molecular complexity index is 337. The maximum atomic E-state index is 9.52. The highest BCUT2D eigenvalue weighted by molar-refractivity contribution is 5.41. The maximum absolute atomic E-state index is 9.52. The van der Waals surface area contributed by atoms with E-state index in [1.165, 1.54) is 0 Å². The maximum Gasteiger partial charge on any atom is 0.161 e. The van der Waals surface area contributed by atoms with E-state index in [0.29, 0.717) is 12.4 Å². The summed E-state index contributed by atoms with van der Waals surface area (Å²) in [6, 6.07) is 5.41. The Morgan fingerprint density at radius 3 is 3.00 bits per heavy atom. The lowest BCUT2D eigenvalue weighted by molar-refractivity contribution is 0.317. The first-order valence-corrected chi connectivity index (χ1v) is 5.54. The molecule has 0 heterocycles. The third-order valence-corrected chi connectivity index (χ3v) is 2.18. The minimum atomic E-state index is 0.191. The zero-order chi connectivity index (χ0) is 11.8. The van der Waals surface area contributed by atoms with Gasteiger partial charge in [-0.05, 0) is 37.6 Å². The smallest absolute Gasteiger partial charge is 0.161 e. The first kappa shape index (κ1) is 12.6. The normalized spacial score (nSPS) is 10.1. The molecule has 0 atom stereocenters. The van der Waals surface area contributed by atoms with Gasteiger partial charge in [-0.25, -0.2) is 0 Å². The lowest BCUT2D eigenvalue weighted by Crippen LogP contribution is -2.13. The van der Waals surface area contributed by atoms with Gasteiger partial charge in [0.2, 0.25) is 0 Å². The van der Waals surface area contributed by atoms with E-state index in [4.69, 9.17) is 4.74 Å². The van der Waals surface area contributed by atoms with Gasteiger partial charge in [0.15, 0.2) is 11.5 Å². The summed E-state index contributed by atoms with van der Waals surface area (Å²) in [5, 5.41) is 12.8. The van der Waals surface area contributed by atoms with Gasteiger partial charge in [0.1, 0.15) is 0 Å². The monoisotopic (exact) mass is 221 g/mol. The molecule has 2 N–H and O–H groups in total. The second-order valence-corrected chi connectivity index (χ2v) is 3.49. The molecule has 16 heavy (non-hydrogen) atoms. The van der Waals surface area contributed by atoms with Crippen molar-refractivity contribution in [2.75, 3.05) is 13.2 Å². The molecule has 0 spiro atoms. The second-order valence-electron chi connectivity index (χ2n) is 3.49. The molecule has 1 aromatic carbocycles. The molecule has 0 fully saturated rings. The lowest BCUT2D eigenvalue weighted by Gasteiger charge is -2.08. The largest absolute Gasteiger partial charge is 0.504 e. The molecule has 0 amide bonds. The summed E-state index contributed by atoms with van der Waals surface area (Å²) in [5.41, 5.74) is 1.10. The van der Waals surface area contributed by atoms with E-state index < -0.39 is 0 Å². The first-order valence-electron chi connectivity index (χ1n) is 5.54. The van der Waals surface area contributed by atoms with E-state index in [-0.39, 0.29) is 5.75 Å². The zero-order valence-electron chi connectivity index (χ0n) is 9.70. The third-order valence-electron chi connectivity index (χ3n) is 2.18. The summed E-state index contributed by atoms with van der Waals surface area (Å²) < 4.78 is 5.31. The van der Waals surface area contributed by atoms with Crippen LogP contribution in [0.2, 0.25) is 0 Å². The minimum Gasteiger partial charge on any atom is -0.504 e. The fourth-order valence-electron chi connectivity index (χ4n) is 1.38. The molecule has 0 unspecified atom stereocenters. The fraction of sp³-hybridized carbons (Fsp3) is 0.385. The third kappa shape index (κ3) is 3.95.